The van der Waals surface area contributed by atoms with Gasteiger partial charge in [0.15, 0.2) is 12.5 Å². The van der Waals surface area contributed by atoms with Crippen LogP contribution in [0.1, 0.15) is 29.7 Å². The molecule has 0 spiro atoms. The number of nitrogens with zero attached hydrogens (tertiary/aromatic N) is 4. The molecule has 0 saturated carbocycles. The lowest BCUT2D eigenvalue weighted by atomic mass is 10.1. The van der Waals surface area contributed by atoms with Gasteiger partial charge in [-0.15, -0.1) is 0 Å². The van der Waals surface area contributed by atoms with Crippen molar-refractivity contribution in [2.75, 3.05) is 5.73 Å². The van der Waals surface area contributed by atoms with E-state index in [-0.39, 0.29) is 6.04 Å². The van der Waals surface area contributed by atoms with Crippen LogP contribution in [0.2, 0.25) is 5.02 Å². The number of aldehydes is 1. The van der Waals surface area contributed by atoms with Crippen LogP contribution in [0.25, 0.3) is 0 Å². The Morgan fingerprint density at radius 3 is 2.72 bits per heavy atom. The van der Waals surface area contributed by atoms with E-state index in [0.29, 0.717) is 11.6 Å². The van der Waals surface area contributed by atoms with Crippen LogP contribution in [0.4, 0.5) is 5.69 Å². The van der Waals surface area contributed by atoms with Gasteiger partial charge >= 0.3 is 0 Å². The standard InChI is InChI=1S/C18H20ClN5O/c1-12-9-14(7-8-17(12)20)10-23-18(11-25)24(22-21-23)13(2)15-5-3-4-6-16(15)19/h3-9,11,13,18H,10,20H2,1-2H3. The summed E-state index contributed by atoms with van der Waals surface area (Å²) >= 11 is 6.27. The Morgan fingerprint density at radius 1 is 1.28 bits per heavy atom. The molecule has 2 atom stereocenters. The minimum Gasteiger partial charge on any atom is -0.399 e. The second kappa shape index (κ2) is 7.11. The second-order valence-corrected chi connectivity index (χ2v) is 6.50. The van der Waals surface area contributed by atoms with Gasteiger partial charge in [-0.2, -0.15) is 0 Å². The fourth-order valence-corrected chi connectivity index (χ4v) is 3.18. The molecule has 0 aliphatic carbocycles. The van der Waals surface area contributed by atoms with E-state index >= 15 is 0 Å². The molecule has 1 heterocycles. The van der Waals surface area contributed by atoms with Gasteiger partial charge < -0.3 is 5.73 Å². The van der Waals surface area contributed by atoms with Crippen molar-refractivity contribution in [2.45, 2.75) is 32.6 Å². The van der Waals surface area contributed by atoms with Crippen LogP contribution in [0.3, 0.4) is 0 Å². The first-order valence-electron chi connectivity index (χ1n) is 8.02. The number of nitrogen functional groups attached to an aromatic ring is 1. The van der Waals surface area contributed by atoms with E-state index in [9.17, 15) is 4.79 Å². The summed E-state index contributed by atoms with van der Waals surface area (Å²) in [6, 6.07) is 13.1. The van der Waals surface area contributed by atoms with Crippen LogP contribution in [0, 0.1) is 6.92 Å². The third-order valence-corrected chi connectivity index (χ3v) is 4.73. The van der Waals surface area contributed by atoms with E-state index < -0.39 is 6.17 Å². The normalized spacial score (nSPS) is 17.8. The van der Waals surface area contributed by atoms with E-state index in [1.165, 1.54) is 0 Å². The Hall–Kier alpha value is -2.60. The molecule has 2 aromatic carbocycles. The van der Waals surface area contributed by atoms with Crippen LogP contribution in [-0.2, 0) is 11.3 Å². The molecule has 0 radical (unpaired) electrons. The molecule has 0 aromatic heterocycles. The summed E-state index contributed by atoms with van der Waals surface area (Å²) < 4.78 is 0. The van der Waals surface area contributed by atoms with Crippen molar-refractivity contribution in [2.24, 2.45) is 10.4 Å². The smallest absolute Gasteiger partial charge is 0.194 e. The molecular weight excluding hydrogens is 338 g/mol. The Labute approximate surface area is 151 Å². The summed E-state index contributed by atoms with van der Waals surface area (Å²) in [4.78, 5) is 11.7. The largest absolute Gasteiger partial charge is 0.399 e. The number of rotatable bonds is 5. The fraction of sp³-hybridized carbons (Fsp3) is 0.278. The highest BCUT2D eigenvalue weighted by Gasteiger charge is 2.34. The molecule has 0 bridgehead atoms. The Kier molecular flexibility index (Phi) is 4.90. The molecule has 25 heavy (non-hydrogen) atoms. The maximum absolute atomic E-state index is 11.7. The molecule has 1 aliphatic rings. The molecule has 7 heteroatoms. The van der Waals surface area contributed by atoms with Crippen molar-refractivity contribution in [3.05, 3.63) is 64.2 Å². The minimum absolute atomic E-state index is 0.175. The predicted molar refractivity (Wildman–Crippen MR) is 97.5 cm³/mol. The van der Waals surface area contributed by atoms with Gasteiger partial charge in [0.05, 0.1) is 12.6 Å². The third kappa shape index (κ3) is 3.44. The minimum atomic E-state index is -0.580. The summed E-state index contributed by atoms with van der Waals surface area (Å²) in [5.74, 6) is 0. The number of anilines is 1. The topological polar surface area (TPSA) is 74.3 Å². The molecule has 3 rings (SSSR count). The first-order chi connectivity index (χ1) is 12.0. The lowest BCUT2D eigenvalue weighted by Crippen LogP contribution is -2.40. The summed E-state index contributed by atoms with van der Waals surface area (Å²) in [5.41, 5.74) is 9.52. The van der Waals surface area contributed by atoms with E-state index in [2.05, 4.69) is 10.4 Å². The van der Waals surface area contributed by atoms with Crippen molar-refractivity contribution in [3.8, 4) is 0 Å². The van der Waals surface area contributed by atoms with Crippen LogP contribution in [0.5, 0.6) is 0 Å². The maximum atomic E-state index is 11.7. The van der Waals surface area contributed by atoms with Gasteiger partial charge in [0.25, 0.3) is 0 Å². The quantitative estimate of drug-likeness (QED) is 0.650. The van der Waals surface area contributed by atoms with Gasteiger partial charge in [0, 0.05) is 10.7 Å². The molecule has 0 fully saturated rings. The highest BCUT2D eigenvalue weighted by molar-refractivity contribution is 6.31. The van der Waals surface area contributed by atoms with E-state index in [1.54, 1.807) is 10.0 Å². The van der Waals surface area contributed by atoms with Crippen molar-refractivity contribution < 1.29 is 4.79 Å². The number of aryl methyl sites for hydroxylation is 1. The molecule has 1 aliphatic heterocycles. The van der Waals surface area contributed by atoms with Gasteiger partial charge in [0.1, 0.15) is 0 Å². The Balaban J connectivity index is 1.79. The van der Waals surface area contributed by atoms with Crippen molar-refractivity contribution >= 4 is 23.6 Å². The fourth-order valence-electron chi connectivity index (χ4n) is 2.88. The summed E-state index contributed by atoms with van der Waals surface area (Å²) in [6.07, 6.45) is 0.265. The molecule has 2 N–H and O–H groups in total. The van der Waals surface area contributed by atoms with Crippen LogP contribution in [0.15, 0.2) is 52.9 Å². The molecule has 2 unspecified atom stereocenters. The Bertz CT molecular complexity index is 810. The van der Waals surface area contributed by atoms with Gasteiger partial charge in [-0.05, 0) is 42.7 Å². The Morgan fingerprint density at radius 2 is 2.04 bits per heavy atom. The SMILES string of the molecule is Cc1cc(CN2N=NN(C(C)c3ccccc3Cl)C2C=O)ccc1N. The monoisotopic (exact) mass is 357 g/mol. The van der Waals surface area contributed by atoms with E-state index in [4.69, 9.17) is 17.3 Å². The van der Waals surface area contributed by atoms with Gasteiger partial charge in [-0.25, -0.2) is 10.0 Å². The summed E-state index contributed by atoms with van der Waals surface area (Å²) in [6.45, 7) is 4.38. The van der Waals surface area contributed by atoms with Crippen LogP contribution in [-0.4, -0.2) is 22.5 Å². The lowest BCUT2D eigenvalue weighted by Gasteiger charge is -2.29. The van der Waals surface area contributed by atoms with Crippen LogP contribution >= 0.6 is 11.6 Å². The number of hydrogen-bond acceptors (Lipinski definition) is 6. The lowest BCUT2D eigenvalue weighted by molar-refractivity contribution is -0.117. The number of halogens is 1. The number of nitrogens with two attached hydrogens (primary N) is 1. The molecule has 0 saturated heterocycles. The third-order valence-electron chi connectivity index (χ3n) is 4.39. The molecule has 0 amide bonds. The van der Waals surface area contributed by atoms with Gasteiger partial charge in [-0.1, -0.05) is 52.4 Å². The van der Waals surface area contributed by atoms with Crippen molar-refractivity contribution in [1.82, 2.24) is 10.0 Å². The zero-order chi connectivity index (χ0) is 18.0. The molecule has 2 aromatic rings. The van der Waals surface area contributed by atoms with Gasteiger partial charge in [-0.3, -0.25) is 4.79 Å². The maximum Gasteiger partial charge on any atom is 0.194 e. The first-order valence-corrected chi connectivity index (χ1v) is 8.40. The van der Waals surface area contributed by atoms with Crippen molar-refractivity contribution in [3.63, 3.8) is 0 Å². The zero-order valence-electron chi connectivity index (χ0n) is 14.1. The van der Waals surface area contributed by atoms with Crippen LogP contribution < -0.4 is 5.73 Å². The zero-order valence-corrected chi connectivity index (χ0v) is 14.9. The summed E-state index contributed by atoms with van der Waals surface area (Å²) in [5, 5.41) is 12.3. The van der Waals surface area contributed by atoms with E-state index in [0.717, 1.165) is 28.7 Å². The summed E-state index contributed by atoms with van der Waals surface area (Å²) in [7, 11) is 0. The molecular formula is C18H20ClN5O. The molecule has 6 nitrogen and oxygen atoms in total. The van der Waals surface area contributed by atoms with Gasteiger partial charge in [0.2, 0.25) is 0 Å². The van der Waals surface area contributed by atoms with Crippen molar-refractivity contribution in [1.29, 1.82) is 0 Å². The highest BCUT2D eigenvalue weighted by atomic mass is 35.5. The average Bonchev–Trinajstić information content (AvgIpc) is 3.00. The van der Waals surface area contributed by atoms with E-state index in [1.807, 2.05) is 56.3 Å². The molecule has 130 valence electrons. The number of carbonyl (C=O) groups excluding carboxylic acids is 1. The highest BCUT2D eigenvalue weighted by Crippen LogP contribution is 2.32. The number of hydrogen-bond donors (Lipinski definition) is 1. The predicted octanol–water partition coefficient (Wildman–Crippen LogP) is 3.92. The first kappa shape index (κ1) is 17.2. The number of carbonyl (C=O) groups is 1. The second-order valence-electron chi connectivity index (χ2n) is 6.09. The number of benzene rings is 2. The average molecular weight is 358 g/mol.